The molecule has 6 heteroatoms. The fourth-order valence-electron chi connectivity index (χ4n) is 4.06. The van der Waals surface area contributed by atoms with Crippen molar-refractivity contribution >= 4 is 12.4 Å². The maximum atomic E-state index is 12.1. The topological polar surface area (TPSA) is 70.3 Å². The first-order valence-corrected chi connectivity index (χ1v) is 10.0. The molecule has 146 valence electrons. The molecule has 2 fully saturated rings. The quantitative estimate of drug-likeness (QED) is 0.620. The number of nitrogens with zero attached hydrogens (tertiary/aromatic N) is 3. The van der Waals surface area contributed by atoms with Gasteiger partial charge in [0.15, 0.2) is 18.8 Å². The highest BCUT2D eigenvalue weighted by Crippen LogP contribution is 2.32. The molecule has 2 aliphatic rings. The summed E-state index contributed by atoms with van der Waals surface area (Å²) in [4.78, 5) is 23.4. The molecule has 6 nitrogen and oxygen atoms in total. The number of nitrogens with one attached hydrogen (secondary N) is 1. The number of aliphatic imine (C=N–C) groups is 1. The van der Waals surface area contributed by atoms with Crippen molar-refractivity contribution in [2.24, 2.45) is 4.99 Å². The first-order valence-electron chi connectivity index (χ1n) is 10.0. The Morgan fingerprint density at radius 3 is 2.86 bits per heavy atom. The first-order chi connectivity index (χ1) is 13.7. The molecule has 1 atom stereocenters. The lowest BCUT2D eigenvalue weighted by molar-refractivity contribution is -0.605. The van der Waals surface area contributed by atoms with E-state index in [0.29, 0.717) is 18.3 Å². The van der Waals surface area contributed by atoms with Gasteiger partial charge in [0.25, 0.3) is 5.56 Å². The normalized spacial score (nSPS) is 21.5. The fraction of sp³-hybridized carbons (Fsp3) is 0.455. The van der Waals surface area contributed by atoms with Gasteiger partial charge in [-0.25, -0.2) is 9.56 Å². The zero-order valence-electron chi connectivity index (χ0n) is 16.4. The first kappa shape index (κ1) is 18.6. The van der Waals surface area contributed by atoms with E-state index in [2.05, 4.69) is 32.3 Å². The van der Waals surface area contributed by atoms with Gasteiger partial charge in [0, 0.05) is 42.3 Å². The molecule has 1 saturated heterocycles. The smallest absolute Gasteiger partial charge is 0.251 e. The Morgan fingerprint density at radius 1 is 1.32 bits per heavy atom. The maximum Gasteiger partial charge on any atom is 0.251 e. The highest BCUT2D eigenvalue weighted by atomic mass is 16.5. The van der Waals surface area contributed by atoms with Crippen molar-refractivity contribution in [1.29, 1.82) is 0 Å². The highest BCUT2D eigenvalue weighted by Gasteiger charge is 2.39. The molecule has 4 rings (SSSR count). The Morgan fingerprint density at radius 2 is 2.18 bits per heavy atom. The van der Waals surface area contributed by atoms with Crippen molar-refractivity contribution in [3.63, 3.8) is 0 Å². The van der Waals surface area contributed by atoms with E-state index >= 15 is 0 Å². The van der Waals surface area contributed by atoms with E-state index in [-0.39, 0.29) is 11.7 Å². The van der Waals surface area contributed by atoms with Gasteiger partial charge in [-0.2, -0.15) is 0 Å². The second kappa shape index (κ2) is 8.09. The van der Waals surface area contributed by atoms with Crippen molar-refractivity contribution in [3.8, 4) is 5.88 Å². The van der Waals surface area contributed by atoms with Crippen LogP contribution in [0, 0.1) is 0 Å². The molecule has 1 saturated carbocycles. The lowest BCUT2D eigenvalue weighted by Gasteiger charge is -2.25. The van der Waals surface area contributed by atoms with Crippen LogP contribution in [0.15, 0.2) is 40.2 Å². The van der Waals surface area contributed by atoms with Crippen LogP contribution in [0.3, 0.4) is 0 Å². The second-order valence-electron chi connectivity index (χ2n) is 7.66. The SMILES string of the molecule is C=NCc1ccc(OC2C[N+](=C3CC[C@@H](c4ccc(CC)c(=O)[nH]4)C3)C2)nc1. The number of ether oxygens (including phenoxy) is 1. The summed E-state index contributed by atoms with van der Waals surface area (Å²) < 4.78 is 8.38. The molecular formula is C22H27N4O2+. The molecule has 3 heterocycles. The fourth-order valence-corrected chi connectivity index (χ4v) is 4.06. The number of pyridine rings is 2. The second-order valence-corrected chi connectivity index (χ2v) is 7.66. The van der Waals surface area contributed by atoms with Crippen LogP contribution in [-0.4, -0.2) is 46.2 Å². The molecule has 0 spiro atoms. The Hall–Kier alpha value is -2.76. The van der Waals surface area contributed by atoms with Crippen LogP contribution < -0.4 is 10.3 Å². The molecule has 0 bridgehead atoms. The summed E-state index contributed by atoms with van der Waals surface area (Å²) in [5.41, 5.74) is 4.51. The van der Waals surface area contributed by atoms with E-state index in [1.807, 2.05) is 25.1 Å². The van der Waals surface area contributed by atoms with E-state index in [9.17, 15) is 4.79 Å². The van der Waals surface area contributed by atoms with E-state index in [1.165, 1.54) is 5.71 Å². The maximum absolute atomic E-state index is 12.1. The van der Waals surface area contributed by atoms with Gasteiger partial charge in [-0.3, -0.25) is 9.79 Å². The third-order valence-corrected chi connectivity index (χ3v) is 5.77. The minimum atomic E-state index is 0.0632. The van der Waals surface area contributed by atoms with Crippen molar-refractivity contribution in [2.45, 2.75) is 51.2 Å². The van der Waals surface area contributed by atoms with Crippen molar-refractivity contribution in [3.05, 3.63) is 57.6 Å². The van der Waals surface area contributed by atoms with E-state index in [0.717, 1.165) is 55.6 Å². The largest absolute Gasteiger partial charge is 0.461 e. The van der Waals surface area contributed by atoms with E-state index in [4.69, 9.17) is 4.74 Å². The van der Waals surface area contributed by atoms with Crippen LogP contribution in [0.5, 0.6) is 5.88 Å². The summed E-state index contributed by atoms with van der Waals surface area (Å²) in [5.74, 6) is 1.08. The molecule has 1 aliphatic carbocycles. The number of H-pyrrole nitrogens is 1. The van der Waals surface area contributed by atoms with Gasteiger partial charge in [0.1, 0.15) is 0 Å². The van der Waals surface area contributed by atoms with Gasteiger partial charge < -0.3 is 9.72 Å². The Labute approximate surface area is 165 Å². The van der Waals surface area contributed by atoms with Crippen LogP contribution in [-0.2, 0) is 13.0 Å². The average Bonchev–Trinajstić information content (AvgIpc) is 3.15. The Bertz CT molecular complexity index is 938. The summed E-state index contributed by atoms with van der Waals surface area (Å²) in [6.07, 6.45) is 5.97. The standard InChI is InChI=1S/C22H26N4O2/c1-3-16-6-8-20(25-22(16)27)17-5-7-18(10-17)26-13-19(14-26)28-21-9-4-15(11-23-2)12-24-21/h4,6,8-9,12,17,19H,2-3,5,7,10-11,13-14H2,1H3/p+1/t17-,19?/m1/s1. The Balaban J connectivity index is 1.33. The molecule has 2 aromatic heterocycles. The van der Waals surface area contributed by atoms with Crippen LogP contribution >= 0.6 is 0 Å². The lowest BCUT2D eigenvalue weighted by atomic mass is 10.0. The van der Waals surface area contributed by atoms with Gasteiger partial charge in [-0.05, 0) is 31.2 Å². The van der Waals surface area contributed by atoms with Crippen LogP contribution in [0.1, 0.15) is 48.9 Å². The molecule has 1 N–H and O–H groups in total. The number of rotatable bonds is 6. The van der Waals surface area contributed by atoms with E-state index < -0.39 is 0 Å². The lowest BCUT2D eigenvalue weighted by Crippen LogP contribution is -2.50. The number of aromatic nitrogens is 2. The zero-order chi connectivity index (χ0) is 19.5. The number of aryl methyl sites for hydroxylation is 1. The summed E-state index contributed by atoms with van der Waals surface area (Å²) in [6, 6.07) is 7.95. The minimum absolute atomic E-state index is 0.0632. The molecule has 2 aromatic rings. The Kier molecular flexibility index (Phi) is 5.37. The third-order valence-electron chi connectivity index (χ3n) is 5.77. The number of hydrogen-bond acceptors (Lipinski definition) is 4. The molecular weight excluding hydrogens is 352 g/mol. The summed E-state index contributed by atoms with van der Waals surface area (Å²) in [6.45, 7) is 7.90. The molecule has 0 amide bonds. The predicted molar refractivity (Wildman–Crippen MR) is 110 cm³/mol. The number of hydrogen-bond donors (Lipinski definition) is 1. The number of aromatic amines is 1. The van der Waals surface area contributed by atoms with Gasteiger partial charge in [0.2, 0.25) is 12.0 Å². The van der Waals surface area contributed by atoms with Crippen molar-refractivity contribution < 1.29 is 9.31 Å². The molecule has 0 aromatic carbocycles. The molecule has 0 radical (unpaired) electrons. The minimum Gasteiger partial charge on any atom is -0.461 e. The molecule has 28 heavy (non-hydrogen) atoms. The third kappa shape index (κ3) is 3.91. The van der Waals surface area contributed by atoms with Crippen molar-refractivity contribution in [2.75, 3.05) is 13.1 Å². The van der Waals surface area contributed by atoms with Gasteiger partial charge in [-0.1, -0.05) is 19.1 Å². The summed E-state index contributed by atoms with van der Waals surface area (Å²) in [5, 5.41) is 0. The predicted octanol–water partition coefficient (Wildman–Crippen LogP) is 2.72. The molecule has 1 aliphatic heterocycles. The van der Waals surface area contributed by atoms with Gasteiger partial charge in [-0.15, -0.1) is 0 Å². The van der Waals surface area contributed by atoms with Crippen LogP contribution in [0.2, 0.25) is 0 Å². The average molecular weight is 379 g/mol. The van der Waals surface area contributed by atoms with Gasteiger partial charge in [0.05, 0.1) is 6.54 Å². The van der Waals surface area contributed by atoms with Crippen LogP contribution in [0.4, 0.5) is 0 Å². The highest BCUT2D eigenvalue weighted by molar-refractivity contribution is 5.83. The van der Waals surface area contributed by atoms with Gasteiger partial charge >= 0.3 is 0 Å². The zero-order valence-corrected chi connectivity index (χ0v) is 16.4. The van der Waals surface area contributed by atoms with E-state index in [1.54, 1.807) is 6.20 Å². The van der Waals surface area contributed by atoms with Crippen LogP contribution in [0.25, 0.3) is 0 Å². The van der Waals surface area contributed by atoms with Crippen molar-refractivity contribution in [1.82, 2.24) is 9.97 Å². The summed E-state index contributed by atoms with van der Waals surface area (Å²) in [7, 11) is 0. The monoisotopic (exact) mass is 379 g/mol. The summed E-state index contributed by atoms with van der Waals surface area (Å²) >= 11 is 0. The molecule has 0 unspecified atom stereocenters.